The standard InChI is InChI=1S/C32H44N4O6/c1-31(2,3)27-29(39)36(30(40)42-32(4,5)6)19-18-35(27)21-26(37)33-25(20-22-12-10-9-11-13-22)28(38)34(7)23-14-16-24(41-8)17-15-23/h9-17,25,27H,18-21H2,1-8H3,(H,33,37)/t25?,27-/m1/s1. The summed E-state index contributed by atoms with van der Waals surface area (Å²) in [6.07, 6.45) is -0.402. The zero-order chi connectivity index (χ0) is 31.2. The summed E-state index contributed by atoms with van der Waals surface area (Å²) >= 11 is 0. The highest BCUT2D eigenvalue weighted by atomic mass is 16.6. The van der Waals surface area contributed by atoms with Crippen LogP contribution in [-0.4, -0.2) is 85.1 Å². The van der Waals surface area contributed by atoms with E-state index in [4.69, 9.17) is 9.47 Å². The zero-order valence-corrected chi connectivity index (χ0v) is 26.0. The first-order valence-corrected chi connectivity index (χ1v) is 14.1. The van der Waals surface area contributed by atoms with Crippen molar-refractivity contribution in [2.24, 2.45) is 5.41 Å². The van der Waals surface area contributed by atoms with Gasteiger partial charge in [-0.25, -0.2) is 9.69 Å². The highest BCUT2D eigenvalue weighted by molar-refractivity contribution is 5.99. The van der Waals surface area contributed by atoms with Gasteiger partial charge in [0.25, 0.3) is 0 Å². The van der Waals surface area contributed by atoms with Gasteiger partial charge in [-0.05, 0) is 56.0 Å². The molecule has 1 saturated heterocycles. The van der Waals surface area contributed by atoms with Crippen LogP contribution in [0.1, 0.15) is 47.1 Å². The lowest BCUT2D eigenvalue weighted by Crippen LogP contribution is -2.64. The molecule has 1 N–H and O–H groups in total. The summed E-state index contributed by atoms with van der Waals surface area (Å²) in [6.45, 7) is 11.2. The normalized spacial score (nSPS) is 16.9. The number of benzene rings is 2. The second-order valence-corrected chi connectivity index (χ2v) is 12.6. The third-order valence-corrected chi connectivity index (χ3v) is 6.96. The minimum absolute atomic E-state index is 0.0974. The van der Waals surface area contributed by atoms with Gasteiger partial charge >= 0.3 is 6.09 Å². The van der Waals surface area contributed by atoms with E-state index in [1.165, 1.54) is 4.90 Å². The highest BCUT2D eigenvalue weighted by Crippen LogP contribution is 2.29. The van der Waals surface area contributed by atoms with Crippen molar-refractivity contribution in [3.8, 4) is 5.75 Å². The van der Waals surface area contributed by atoms with Crippen LogP contribution in [0, 0.1) is 5.41 Å². The number of anilines is 1. The number of rotatable bonds is 8. The summed E-state index contributed by atoms with van der Waals surface area (Å²) in [5.74, 6) is -0.411. The Morgan fingerprint density at radius 2 is 1.60 bits per heavy atom. The molecule has 0 aliphatic carbocycles. The number of nitrogens with one attached hydrogen (secondary N) is 1. The summed E-state index contributed by atoms with van der Waals surface area (Å²) < 4.78 is 10.7. The molecule has 0 aromatic heterocycles. The molecule has 2 atom stereocenters. The van der Waals surface area contributed by atoms with Crippen LogP contribution in [0.25, 0.3) is 0 Å². The number of imide groups is 1. The first-order valence-electron chi connectivity index (χ1n) is 14.1. The van der Waals surface area contributed by atoms with Crippen LogP contribution in [0.15, 0.2) is 54.6 Å². The van der Waals surface area contributed by atoms with E-state index in [1.54, 1.807) is 64.1 Å². The van der Waals surface area contributed by atoms with Gasteiger partial charge < -0.3 is 19.7 Å². The molecule has 228 valence electrons. The molecule has 1 aliphatic heterocycles. The Morgan fingerprint density at radius 1 is 0.976 bits per heavy atom. The minimum atomic E-state index is -0.848. The number of carbonyl (C=O) groups is 4. The summed E-state index contributed by atoms with van der Waals surface area (Å²) in [7, 11) is 3.24. The van der Waals surface area contributed by atoms with Crippen molar-refractivity contribution in [2.75, 3.05) is 38.7 Å². The number of likely N-dealkylation sites (N-methyl/N-ethyl adjacent to an activating group) is 1. The van der Waals surface area contributed by atoms with Crippen molar-refractivity contribution in [2.45, 2.75) is 65.6 Å². The third kappa shape index (κ3) is 8.55. The van der Waals surface area contributed by atoms with Crippen molar-refractivity contribution in [1.82, 2.24) is 15.1 Å². The molecule has 2 aromatic rings. The molecular formula is C32H44N4O6. The number of hydrogen-bond donors (Lipinski definition) is 1. The molecule has 0 spiro atoms. The number of methoxy groups -OCH3 is 1. The molecule has 0 radical (unpaired) electrons. The maximum Gasteiger partial charge on any atom is 0.417 e. The van der Waals surface area contributed by atoms with Crippen molar-refractivity contribution in [3.63, 3.8) is 0 Å². The van der Waals surface area contributed by atoms with Crippen LogP contribution in [-0.2, 0) is 25.5 Å². The first-order chi connectivity index (χ1) is 19.6. The molecule has 1 fully saturated rings. The lowest BCUT2D eigenvalue weighted by Gasteiger charge is -2.45. The monoisotopic (exact) mass is 580 g/mol. The highest BCUT2D eigenvalue weighted by Gasteiger charge is 2.45. The molecule has 1 unspecified atom stereocenters. The largest absolute Gasteiger partial charge is 0.497 e. The molecule has 0 saturated carbocycles. The Balaban J connectivity index is 1.79. The van der Waals surface area contributed by atoms with E-state index >= 15 is 0 Å². The Bertz CT molecular complexity index is 1250. The molecule has 3 rings (SSSR count). The molecule has 1 heterocycles. The number of amides is 4. The molecule has 1 aliphatic rings. The lowest BCUT2D eigenvalue weighted by atomic mass is 9.83. The van der Waals surface area contributed by atoms with Gasteiger partial charge in [-0.15, -0.1) is 0 Å². The van der Waals surface area contributed by atoms with Gasteiger partial charge in [0.05, 0.1) is 19.7 Å². The molecule has 10 heteroatoms. The molecule has 0 bridgehead atoms. The summed E-state index contributed by atoms with van der Waals surface area (Å²) in [5.41, 5.74) is 0.231. The average Bonchev–Trinajstić information content (AvgIpc) is 2.90. The first kappa shape index (κ1) is 32.6. The minimum Gasteiger partial charge on any atom is -0.497 e. The Hall–Kier alpha value is -3.92. The van der Waals surface area contributed by atoms with Crippen molar-refractivity contribution in [3.05, 3.63) is 60.2 Å². The van der Waals surface area contributed by atoms with Crippen LogP contribution in [0.4, 0.5) is 10.5 Å². The van der Waals surface area contributed by atoms with Gasteiger partial charge in [0.1, 0.15) is 17.4 Å². The lowest BCUT2D eigenvalue weighted by molar-refractivity contribution is -0.147. The maximum atomic E-state index is 13.7. The van der Waals surface area contributed by atoms with E-state index in [0.29, 0.717) is 24.4 Å². The van der Waals surface area contributed by atoms with Gasteiger partial charge in [-0.1, -0.05) is 51.1 Å². The fraction of sp³-hybridized carbons (Fsp3) is 0.500. The predicted molar refractivity (Wildman–Crippen MR) is 161 cm³/mol. The average molecular weight is 581 g/mol. The van der Waals surface area contributed by atoms with Crippen molar-refractivity contribution in [1.29, 1.82) is 0 Å². The number of piperazine rings is 1. The second kappa shape index (κ2) is 13.4. The van der Waals surface area contributed by atoms with Crippen LogP contribution in [0.2, 0.25) is 0 Å². The molecular weight excluding hydrogens is 536 g/mol. The van der Waals surface area contributed by atoms with E-state index in [-0.39, 0.29) is 24.9 Å². The van der Waals surface area contributed by atoms with Crippen LogP contribution in [0.5, 0.6) is 5.75 Å². The van der Waals surface area contributed by atoms with Crippen LogP contribution < -0.4 is 15.0 Å². The Kier molecular flexibility index (Phi) is 10.4. The fourth-order valence-corrected chi connectivity index (χ4v) is 5.00. The summed E-state index contributed by atoms with van der Waals surface area (Å²) in [4.78, 5) is 57.9. The van der Waals surface area contributed by atoms with Gasteiger partial charge in [0.15, 0.2) is 0 Å². The molecule has 2 aromatic carbocycles. The Morgan fingerprint density at radius 3 is 2.14 bits per heavy atom. The number of hydrogen-bond acceptors (Lipinski definition) is 7. The SMILES string of the molecule is COc1ccc(N(C)C(=O)C(Cc2ccccc2)NC(=O)CN2CCN(C(=O)OC(C)(C)C)C(=O)[C@@H]2C(C)(C)C)cc1. The maximum absolute atomic E-state index is 13.7. The quantitative estimate of drug-likeness (QED) is 0.505. The van der Waals surface area contributed by atoms with Crippen molar-refractivity contribution < 1.29 is 28.7 Å². The smallest absolute Gasteiger partial charge is 0.417 e. The molecule has 4 amide bonds. The summed E-state index contributed by atoms with van der Waals surface area (Å²) in [6, 6.07) is 15.0. The van der Waals surface area contributed by atoms with Gasteiger partial charge in [0.2, 0.25) is 17.7 Å². The summed E-state index contributed by atoms with van der Waals surface area (Å²) in [5, 5.41) is 2.92. The van der Waals surface area contributed by atoms with Gasteiger partial charge in [-0.3, -0.25) is 19.3 Å². The van der Waals surface area contributed by atoms with Crippen LogP contribution >= 0.6 is 0 Å². The van der Waals surface area contributed by atoms with Gasteiger partial charge in [0, 0.05) is 32.2 Å². The van der Waals surface area contributed by atoms with E-state index in [2.05, 4.69) is 5.32 Å². The molecule has 10 nitrogen and oxygen atoms in total. The zero-order valence-electron chi connectivity index (χ0n) is 26.0. The van der Waals surface area contributed by atoms with E-state index < -0.39 is 35.1 Å². The number of carbonyl (C=O) groups excluding carboxylic acids is 4. The fourth-order valence-electron chi connectivity index (χ4n) is 5.00. The van der Waals surface area contributed by atoms with E-state index in [9.17, 15) is 19.2 Å². The van der Waals surface area contributed by atoms with E-state index in [1.807, 2.05) is 51.1 Å². The predicted octanol–water partition coefficient (Wildman–Crippen LogP) is 3.88. The number of ether oxygens (including phenoxy) is 2. The van der Waals surface area contributed by atoms with Gasteiger partial charge in [-0.2, -0.15) is 0 Å². The third-order valence-electron chi connectivity index (χ3n) is 6.96. The van der Waals surface area contributed by atoms with Crippen LogP contribution in [0.3, 0.4) is 0 Å². The van der Waals surface area contributed by atoms with Crippen molar-refractivity contribution >= 4 is 29.5 Å². The Labute approximate surface area is 248 Å². The topological polar surface area (TPSA) is 108 Å². The van der Waals surface area contributed by atoms with E-state index in [0.717, 1.165) is 10.5 Å². The second-order valence-electron chi connectivity index (χ2n) is 12.6. The number of nitrogens with zero attached hydrogens (tertiary/aromatic N) is 3. The molecule has 42 heavy (non-hydrogen) atoms.